The van der Waals surface area contributed by atoms with Gasteiger partial charge in [0.1, 0.15) is 11.8 Å². The van der Waals surface area contributed by atoms with E-state index in [0.29, 0.717) is 20.9 Å². The van der Waals surface area contributed by atoms with E-state index >= 15 is 0 Å². The van der Waals surface area contributed by atoms with Gasteiger partial charge in [0, 0.05) is 13.1 Å². The number of nitrogens with one attached hydrogen (secondary N) is 3. The molecule has 3 rings (SSSR count). The molecule has 36 heavy (non-hydrogen) atoms. The highest BCUT2D eigenvalue weighted by molar-refractivity contribution is 7.16. The molecule has 5 N–H and O–H groups in total. The first kappa shape index (κ1) is 26.9. The highest BCUT2D eigenvalue weighted by Crippen LogP contribution is 2.33. The number of rotatable bonds is 9. The van der Waals surface area contributed by atoms with Crippen LogP contribution in [0.25, 0.3) is 0 Å². The van der Waals surface area contributed by atoms with E-state index in [-0.39, 0.29) is 23.7 Å². The molecule has 3 amide bonds. The van der Waals surface area contributed by atoms with E-state index in [0.717, 1.165) is 11.3 Å². The molecule has 1 aromatic carbocycles. The Hall–Kier alpha value is -3.70. The van der Waals surface area contributed by atoms with Gasteiger partial charge in [-0.15, -0.1) is 22.7 Å². The summed E-state index contributed by atoms with van der Waals surface area (Å²) in [5.74, 6) is -2.68. The largest absolute Gasteiger partial charge is 0.508 e. The third-order valence-electron chi connectivity index (χ3n) is 5.15. The molecular formula is C25H27N3O6S2. The van der Waals surface area contributed by atoms with Crippen molar-refractivity contribution in [3.63, 3.8) is 0 Å². The maximum Gasteiger partial charge on any atom is 0.328 e. The van der Waals surface area contributed by atoms with Crippen molar-refractivity contribution in [2.24, 2.45) is 0 Å². The van der Waals surface area contributed by atoms with Crippen LogP contribution in [0.15, 0.2) is 47.8 Å². The van der Waals surface area contributed by atoms with Crippen LogP contribution in [0.5, 0.6) is 5.75 Å². The molecule has 2 heterocycles. The van der Waals surface area contributed by atoms with E-state index < -0.39 is 35.1 Å². The molecule has 0 radical (unpaired) electrons. The predicted octanol–water partition coefficient (Wildman–Crippen LogP) is 3.36. The molecule has 11 heteroatoms. The lowest BCUT2D eigenvalue weighted by Gasteiger charge is -2.20. The quantitative estimate of drug-likeness (QED) is 0.287. The first-order valence-corrected chi connectivity index (χ1v) is 12.7. The lowest BCUT2D eigenvalue weighted by atomic mass is 9.87. The van der Waals surface area contributed by atoms with Crippen molar-refractivity contribution in [2.45, 2.75) is 38.8 Å². The molecule has 0 unspecified atom stereocenters. The van der Waals surface area contributed by atoms with Crippen LogP contribution in [0.2, 0.25) is 0 Å². The van der Waals surface area contributed by atoms with Gasteiger partial charge in [-0.3, -0.25) is 14.4 Å². The average Bonchev–Trinajstić information content (AvgIpc) is 3.50. The van der Waals surface area contributed by atoms with E-state index in [9.17, 15) is 29.4 Å². The molecule has 0 saturated carbocycles. The van der Waals surface area contributed by atoms with Crippen LogP contribution in [-0.2, 0) is 16.8 Å². The minimum Gasteiger partial charge on any atom is -0.508 e. The highest BCUT2D eigenvalue weighted by atomic mass is 32.1. The molecule has 2 aromatic heterocycles. The number of benzene rings is 1. The van der Waals surface area contributed by atoms with Gasteiger partial charge in [0.05, 0.1) is 14.6 Å². The van der Waals surface area contributed by atoms with Gasteiger partial charge >= 0.3 is 5.97 Å². The first-order chi connectivity index (χ1) is 17.0. The molecule has 0 saturated heterocycles. The van der Waals surface area contributed by atoms with Crippen LogP contribution in [0.1, 0.15) is 60.9 Å². The number of thiophene rings is 2. The Morgan fingerprint density at radius 2 is 1.67 bits per heavy atom. The molecule has 190 valence electrons. The van der Waals surface area contributed by atoms with Gasteiger partial charge in [0.2, 0.25) is 0 Å². The fourth-order valence-electron chi connectivity index (χ4n) is 3.28. The Balaban J connectivity index is 1.74. The zero-order valence-electron chi connectivity index (χ0n) is 20.0. The monoisotopic (exact) mass is 529 g/mol. The third kappa shape index (κ3) is 6.92. The number of carbonyl (C=O) groups is 4. The van der Waals surface area contributed by atoms with Gasteiger partial charge in [-0.05, 0) is 46.2 Å². The Morgan fingerprint density at radius 3 is 2.28 bits per heavy atom. The molecular weight excluding hydrogens is 502 g/mol. The average molecular weight is 530 g/mol. The van der Waals surface area contributed by atoms with Crippen molar-refractivity contribution in [2.75, 3.05) is 6.54 Å². The Morgan fingerprint density at radius 1 is 0.944 bits per heavy atom. The molecule has 9 nitrogen and oxygen atoms in total. The number of phenolic OH excluding ortho intramolecular Hbond substituents is 1. The second-order valence-electron chi connectivity index (χ2n) is 9.01. The second-order valence-corrected chi connectivity index (χ2v) is 11.0. The maximum absolute atomic E-state index is 13.1. The molecule has 0 aliphatic rings. The number of carboxylic acid groups (broad SMARTS) is 1. The van der Waals surface area contributed by atoms with E-state index in [4.69, 9.17) is 0 Å². The summed E-state index contributed by atoms with van der Waals surface area (Å²) >= 11 is 2.18. The van der Waals surface area contributed by atoms with E-state index in [1.165, 1.54) is 23.5 Å². The smallest absolute Gasteiger partial charge is 0.328 e. The fourth-order valence-corrected chi connectivity index (χ4v) is 5.11. The Bertz CT molecular complexity index is 1260. The Kier molecular flexibility index (Phi) is 8.49. The third-order valence-corrected chi connectivity index (χ3v) is 7.15. The molecule has 0 bridgehead atoms. The lowest BCUT2D eigenvalue weighted by molar-refractivity contribution is -0.139. The molecule has 0 spiro atoms. The van der Waals surface area contributed by atoms with Crippen molar-refractivity contribution in [3.8, 4) is 5.75 Å². The van der Waals surface area contributed by atoms with Gasteiger partial charge in [0.15, 0.2) is 0 Å². The van der Waals surface area contributed by atoms with Gasteiger partial charge in [-0.1, -0.05) is 39.0 Å². The van der Waals surface area contributed by atoms with E-state index in [1.54, 1.807) is 35.7 Å². The molecule has 0 aliphatic carbocycles. The van der Waals surface area contributed by atoms with Crippen LogP contribution in [0.4, 0.5) is 0 Å². The summed E-state index contributed by atoms with van der Waals surface area (Å²) in [7, 11) is 0. The maximum atomic E-state index is 13.1. The highest BCUT2D eigenvalue weighted by Gasteiger charge is 2.30. The summed E-state index contributed by atoms with van der Waals surface area (Å²) < 4.78 is 0. The minimum atomic E-state index is -1.36. The lowest BCUT2D eigenvalue weighted by Crippen LogP contribution is -2.48. The van der Waals surface area contributed by atoms with Crippen LogP contribution in [0, 0.1) is 0 Å². The number of hydrogen-bond donors (Lipinski definition) is 5. The van der Waals surface area contributed by atoms with Crippen molar-refractivity contribution >= 4 is 46.4 Å². The summed E-state index contributed by atoms with van der Waals surface area (Å²) in [6.07, 6.45) is 0. The zero-order valence-corrected chi connectivity index (χ0v) is 21.6. The summed E-state index contributed by atoms with van der Waals surface area (Å²) in [6, 6.07) is 10.1. The Labute approximate surface area is 216 Å². The molecule has 1 atom stereocenters. The van der Waals surface area contributed by atoms with Crippen molar-refractivity contribution in [1.82, 2.24) is 16.0 Å². The topological polar surface area (TPSA) is 145 Å². The van der Waals surface area contributed by atoms with Crippen molar-refractivity contribution in [3.05, 3.63) is 73.6 Å². The van der Waals surface area contributed by atoms with Crippen LogP contribution < -0.4 is 16.0 Å². The molecule has 0 aliphatic heterocycles. The normalized spacial score (nSPS) is 12.0. The summed E-state index contributed by atoms with van der Waals surface area (Å²) in [5.41, 5.74) is 0.807. The van der Waals surface area contributed by atoms with Gasteiger partial charge in [-0.25, -0.2) is 4.79 Å². The predicted molar refractivity (Wildman–Crippen MR) is 138 cm³/mol. The zero-order chi connectivity index (χ0) is 26.5. The van der Waals surface area contributed by atoms with Crippen molar-refractivity contribution in [1.29, 1.82) is 0 Å². The number of amides is 3. The molecule has 0 fully saturated rings. The number of carboxylic acids is 1. The van der Waals surface area contributed by atoms with Crippen molar-refractivity contribution < 1.29 is 29.4 Å². The van der Waals surface area contributed by atoms with Gasteiger partial charge in [0.25, 0.3) is 17.7 Å². The van der Waals surface area contributed by atoms with Gasteiger partial charge < -0.3 is 26.2 Å². The standard InChI is InChI=1S/C25H27N3O6S2/c1-25(2,3)16-11-19(22(31)26-12-14-6-4-7-15(29)10-14)36-20(16)23(32)28-17(24(33)34)13-27-21(30)18-8-5-9-35-18/h4-11,17,29H,12-13H2,1-3H3,(H,26,31)(H,27,30)(H,28,32)(H,33,34)/t17-/m0/s1. The molecule has 3 aromatic rings. The second kappa shape index (κ2) is 11.4. The number of aliphatic carboxylic acids is 1. The number of hydrogen-bond acceptors (Lipinski definition) is 7. The minimum absolute atomic E-state index is 0.0893. The SMILES string of the molecule is CC(C)(C)c1cc(C(=O)NCc2cccc(O)c2)sc1C(=O)N[C@@H](CNC(=O)c1cccs1)C(=O)O. The fraction of sp³-hybridized carbons (Fsp3) is 0.280. The number of phenols is 1. The van der Waals surface area contributed by atoms with Crippen LogP contribution in [0.3, 0.4) is 0 Å². The van der Waals surface area contributed by atoms with Gasteiger partial charge in [-0.2, -0.15) is 0 Å². The number of carbonyl (C=O) groups excluding carboxylic acids is 3. The first-order valence-electron chi connectivity index (χ1n) is 11.0. The summed E-state index contributed by atoms with van der Waals surface area (Å²) in [6.45, 7) is 5.54. The van der Waals surface area contributed by atoms with E-state index in [1.807, 2.05) is 20.8 Å². The van der Waals surface area contributed by atoms with E-state index in [2.05, 4.69) is 16.0 Å². The van der Waals surface area contributed by atoms with Crippen LogP contribution >= 0.6 is 22.7 Å². The summed E-state index contributed by atoms with van der Waals surface area (Å²) in [4.78, 5) is 50.8. The van der Waals surface area contributed by atoms with Crippen LogP contribution in [-0.4, -0.2) is 46.5 Å². The summed E-state index contributed by atoms with van der Waals surface area (Å²) in [5, 5.41) is 28.7. The number of aromatic hydroxyl groups is 1.